The molecule has 2 rings (SSSR count). The Morgan fingerprint density at radius 3 is 3.06 bits per heavy atom. The highest BCUT2D eigenvalue weighted by molar-refractivity contribution is 7.80. The number of aromatic nitrogens is 1. The quantitative estimate of drug-likeness (QED) is 0.754. The predicted molar refractivity (Wildman–Crippen MR) is 74.7 cm³/mol. The summed E-state index contributed by atoms with van der Waals surface area (Å²) >= 11 is 4.98. The standard InChI is InChI=1S/C12H16N4OS/c1-8-5-9(12(13)18)6-10(15-8)16-4-2-3-14-11(17)7-16/h5-6H,2-4,7H2,1H3,(H2,13,18)(H,14,17). The van der Waals surface area contributed by atoms with Crippen LogP contribution in [0.5, 0.6) is 0 Å². The summed E-state index contributed by atoms with van der Waals surface area (Å²) in [6.45, 7) is 3.73. The van der Waals surface area contributed by atoms with Gasteiger partial charge in [0.2, 0.25) is 5.91 Å². The van der Waals surface area contributed by atoms with E-state index in [2.05, 4.69) is 10.3 Å². The molecule has 1 amide bonds. The fraction of sp³-hybridized carbons (Fsp3) is 0.417. The molecule has 1 aromatic heterocycles. The third-order valence-electron chi connectivity index (χ3n) is 2.81. The van der Waals surface area contributed by atoms with E-state index in [0.717, 1.165) is 30.0 Å². The summed E-state index contributed by atoms with van der Waals surface area (Å²) in [5.41, 5.74) is 7.28. The first kappa shape index (κ1) is 12.8. The van der Waals surface area contributed by atoms with E-state index in [4.69, 9.17) is 18.0 Å². The van der Waals surface area contributed by atoms with E-state index < -0.39 is 0 Å². The minimum atomic E-state index is 0.0210. The van der Waals surface area contributed by atoms with Crippen molar-refractivity contribution in [2.75, 3.05) is 24.5 Å². The number of aryl methyl sites for hydroxylation is 1. The number of hydrogen-bond acceptors (Lipinski definition) is 4. The summed E-state index contributed by atoms with van der Waals surface area (Å²) < 4.78 is 0. The number of amides is 1. The number of rotatable bonds is 2. The van der Waals surface area contributed by atoms with Gasteiger partial charge in [-0.2, -0.15) is 0 Å². The number of nitrogens with zero attached hydrogens (tertiary/aromatic N) is 2. The first-order valence-electron chi connectivity index (χ1n) is 5.86. The summed E-state index contributed by atoms with van der Waals surface area (Å²) in [5.74, 6) is 0.780. The van der Waals surface area contributed by atoms with Gasteiger partial charge in [0.1, 0.15) is 10.8 Å². The summed E-state index contributed by atoms with van der Waals surface area (Å²) in [5, 5.41) is 2.84. The number of pyridine rings is 1. The second-order valence-electron chi connectivity index (χ2n) is 4.34. The average molecular weight is 264 g/mol. The van der Waals surface area contributed by atoms with Gasteiger partial charge >= 0.3 is 0 Å². The lowest BCUT2D eigenvalue weighted by Gasteiger charge is -2.21. The third-order valence-corrected chi connectivity index (χ3v) is 3.05. The van der Waals surface area contributed by atoms with Crippen molar-refractivity contribution >= 4 is 28.9 Å². The lowest BCUT2D eigenvalue weighted by atomic mass is 10.2. The molecule has 0 aliphatic carbocycles. The van der Waals surface area contributed by atoms with Gasteiger partial charge in [-0.3, -0.25) is 4.79 Å². The molecule has 2 heterocycles. The second kappa shape index (κ2) is 5.30. The van der Waals surface area contributed by atoms with Crippen molar-refractivity contribution in [3.8, 4) is 0 Å². The van der Waals surface area contributed by atoms with Crippen LogP contribution in [0.15, 0.2) is 12.1 Å². The summed E-state index contributed by atoms with van der Waals surface area (Å²) in [7, 11) is 0. The molecule has 0 unspecified atom stereocenters. The van der Waals surface area contributed by atoms with Crippen molar-refractivity contribution in [2.45, 2.75) is 13.3 Å². The van der Waals surface area contributed by atoms with Gasteiger partial charge < -0.3 is 16.0 Å². The van der Waals surface area contributed by atoms with Crippen LogP contribution < -0.4 is 16.0 Å². The highest BCUT2D eigenvalue weighted by atomic mass is 32.1. The summed E-state index contributed by atoms with van der Waals surface area (Å²) in [4.78, 5) is 18.3. The molecule has 1 aliphatic rings. The van der Waals surface area contributed by atoms with Crippen LogP contribution in [0.1, 0.15) is 17.7 Å². The Morgan fingerprint density at radius 2 is 2.33 bits per heavy atom. The van der Waals surface area contributed by atoms with Crippen LogP contribution in [-0.2, 0) is 4.79 Å². The van der Waals surface area contributed by atoms with E-state index >= 15 is 0 Å². The van der Waals surface area contributed by atoms with E-state index in [0.29, 0.717) is 18.1 Å². The molecule has 18 heavy (non-hydrogen) atoms. The zero-order valence-electron chi connectivity index (χ0n) is 10.3. The molecule has 1 aromatic rings. The first-order valence-corrected chi connectivity index (χ1v) is 6.27. The molecule has 1 fully saturated rings. The molecule has 3 N–H and O–H groups in total. The maximum absolute atomic E-state index is 11.5. The van der Waals surface area contributed by atoms with E-state index in [-0.39, 0.29) is 5.91 Å². The monoisotopic (exact) mass is 264 g/mol. The maximum Gasteiger partial charge on any atom is 0.239 e. The van der Waals surface area contributed by atoms with Crippen LogP contribution in [0, 0.1) is 6.92 Å². The van der Waals surface area contributed by atoms with Gasteiger partial charge in [0.25, 0.3) is 0 Å². The molecular formula is C12H16N4OS. The zero-order valence-corrected chi connectivity index (χ0v) is 11.1. The lowest BCUT2D eigenvalue weighted by Crippen LogP contribution is -2.33. The predicted octanol–water partition coefficient (Wildman–Crippen LogP) is 0.351. The molecule has 5 nitrogen and oxygen atoms in total. The zero-order chi connectivity index (χ0) is 13.1. The molecule has 0 radical (unpaired) electrons. The van der Waals surface area contributed by atoms with Crippen molar-refractivity contribution in [1.29, 1.82) is 0 Å². The van der Waals surface area contributed by atoms with E-state index in [1.807, 2.05) is 24.0 Å². The molecule has 0 aromatic carbocycles. The van der Waals surface area contributed by atoms with Crippen LogP contribution in [0.2, 0.25) is 0 Å². The van der Waals surface area contributed by atoms with Crippen LogP contribution in [0.25, 0.3) is 0 Å². The molecule has 1 aliphatic heterocycles. The largest absolute Gasteiger partial charge is 0.389 e. The normalized spacial score (nSPS) is 16.1. The van der Waals surface area contributed by atoms with Gasteiger partial charge in [-0.05, 0) is 25.5 Å². The smallest absolute Gasteiger partial charge is 0.239 e. The summed E-state index contributed by atoms with van der Waals surface area (Å²) in [6, 6.07) is 3.69. The molecule has 0 saturated carbocycles. The van der Waals surface area contributed by atoms with Crippen molar-refractivity contribution < 1.29 is 4.79 Å². The Morgan fingerprint density at radius 1 is 1.56 bits per heavy atom. The van der Waals surface area contributed by atoms with Gasteiger partial charge in [-0.25, -0.2) is 4.98 Å². The van der Waals surface area contributed by atoms with Crippen LogP contribution >= 0.6 is 12.2 Å². The van der Waals surface area contributed by atoms with E-state index in [9.17, 15) is 4.79 Å². The molecular weight excluding hydrogens is 248 g/mol. The highest BCUT2D eigenvalue weighted by Crippen LogP contribution is 2.16. The second-order valence-corrected chi connectivity index (χ2v) is 4.78. The van der Waals surface area contributed by atoms with E-state index in [1.54, 1.807) is 0 Å². The molecule has 0 atom stereocenters. The van der Waals surface area contributed by atoms with Gasteiger partial charge in [0.05, 0.1) is 6.54 Å². The molecule has 0 bridgehead atoms. The van der Waals surface area contributed by atoms with Gasteiger partial charge in [-0.1, -0.05) is 12.2 Å². The van der Waals surface area contributed by atoms with Crippen LogP contribution in [0.3, 0.4) is 0 Å². The van der Waals surface area contributed by atoms with Crippen molar-refractivity contribution in [3.63, 3.8) is 0 Å². The minimum Gasteiger partial charge on any atom is -0.389 e. The minimum absolute atomic E-state index is 0.0210. The number of carbonyl (C=O) groups is 1. The number of nitrogens with one attached hydrogen (secondary N) is 1. The molecule has 0 spiro atoms. The average Bonchev–Trinajstić information content (AvgIpc) is 2.53. The van der Waals surface area contributed by atoms with Crippen LogP contribution in [-0.4, -0.2) is 35.5 Å². The molecule has 1 saturated heterocycles. The number of nitrogens with two attached hydrogens (primary N) is 1. The lowest BCUT2D eigenvalue weighted by molar-refractivity contribution is -0.119. The Labute approximate surface area is 111 Å². The highest BCUT2D eigenvalue weighted by Gasteiger charge is 2.17. The van der Waals surface area contributed by atoms with Gasteiger partial charge in [-0.15, -0.1) is 0 Å². The summed E-state index contributed by atoms with van der Waals surface area (Å²) in [6.07, 6.45) is 0.907. The molecule has 96 valence electrons. The first-order chi connectivity index (χ1) is 8.56. The van der Waals surface area contributed by atoms with Gasteiger partial charge in [0.15, 0.2) is 0 Å². The van der Waals surface area contributed by atoms with Crippen molar-refractivity contribution in [3.05, 3.63) is 23.4 Å². The van der Waals surface area contributed by atoms with E-state index in [1.165, 1.54) is 0 Å². The van der Waals surface area contributed by atoms with Crippen molar-refractivity contribution in [1.82, 2.24) is 10.3 Å². The number of carbonyl (C=O) groups excluding carboxylic acids is 1. The maximum atomic E-state index is 11.5. The Balaban J connectivity index is 2.31. The molecule has 6 heteroatoms. The van der Waals surface area contributed by atoms with Crippen LogP contribution in [0.4, 0.5) is 5.82 Å². The topological polar surface area (TPSA) is 71.2 Å². The Bertz CT molecular complexity index is 489. The fourth-order valence-corrected chi connectivity index (χ4v) is 2.07. The van der Waals surface area contributed by atoms with Gasteiger partial charge in [0, 0.05) is 24.3 Å². The number of anilines is 1. The van der Waals surface area contributed by atoms with Crippen molar-refractivity contribution in [2.24, 2.45) is 5.73 Å². The fourth-order valence-electron chi connectivity index (χ4n) is 1.96. The number of hydrogen-bond donors (Lipinski definition) is 2. The Hall–Kier alpha value is -1.69. The third kappa shape index (κ3) is 2.95. The Kier molecular flexibility index (Phi) is 3.76. The SMILES string of the molecule is Cc1cc(C(N)=S)cc(N2CCCNC(=O)C2)n1. The number of thiocarbonyl (C=S) groups is 1.